The van der Waals surface area contributed by atoms with Gasteiger partial charge in [0.1, 0.15) is 11.6 Å². The number of carbonyl (C=O) groups is 1. The summed E-state index contributed by atoms with van der Waals surface area (Å²) >= 11 is 0. The van der Waals surface area contributed by atoms with Crippen LogP contribution < -0.4 is 10.6 Å². The molecule has 0 saturated heterocycles. The Labute approximate surface area is 161 Å². The lowest BCUT2D eigenvalue weighted by atomic mass is 10.1. The van der Waals surface area contributed by atoms with Crippen LogP contribution in [0.2, 0.25) is 0 Å². The quantitative estimate of drug-likeness (QED) is 0.467. The number of anilines is 1. The van der Waals surface area contributed by atoms with Crippen LogP contribution in [0.25, 0.3) is 22.2 Å². The third-order valence-corrected chi connectivity index (χ3v) is 4.10. The first kappa shape index (κ1) is 19.7. The summed E-state index contributed by atoms with van der Waals surface area (Å²) in [5.74, 6) is -0.475. The maximum absolute atomic E-state index is 14.1. The summed E-state index contributed by atoms with van der Waals surface area (Å²) in [7, 11) is 3.82. The smallest absolute Gasteiger partial charge is 0.289 e. The molecule has 1 aromatic carbocycles. The van der Waals surface area contributed by atoms with E-state index in [0.717, 1.165) is 5.39 Å². The highest BCUT2D eigenvalue weighted by atomic mass is 19.1. The van der Waals surface area contributed by atoms with Gasteiger partial charge in [0, 0.05) is 48.4 Å². The number of H-pyrrole nitrogens is 1. The van der Waals surface area contributed by atoms with Gasteiger partial charge in [-0.3, -0.25) is 4.79 Å². The zero-order valence-electron chi connectivity index (χ0n) is 15.8. The number of aliphatic hydroxyl groups is 1. The van der Waals surface area contributed by atoms with Crippen molar-refractivity contribution in [3.8, 4) is 11.3 Å². The Hall–Kier alpha value is -3.04. The van der Waals surface area contributed by atoms with Gasteiger partial charge in [-0.05, 0) is 32.3 Å². The number of amides is 1. The predicted octanol–water partition coefficient (Wildman–Crippen LogP) is 1.46. The van der Waals surface area contributed by atoms with Crippen molar-refractivity contribution in [2.24, 2.45) is 0 Å². The van der Waals surface area contributed by atoms with Crippen LogP contribution in [0.1, 0.15) is 10.6 Å². The number of aromatic nitrogens is 3. The van der Waals surface area contributed by atoms with Gasteiger partial charge < -0.3 is 25.6 Å². The molecule has 3 rings (SSSR count). The van der Waals surface area contributed by atoms with Crippen molar-refractivity contribution in [3.05, 3.63) is 42.1 Å². The minimum Gasteiger partial charge on any atom is -0.395 e. The highest BCUT2D eigenvalue weighted by Gasteiger charge is 2.16. The van der Waals surface area contributed by atoms with Crippen molar-refractivity contribution in [2.75, 3.05) is 45.7 Å². The van der Waals surface area contributed by atoms with Crippen LogP contribution in [0.3, 0.4) is 0 Å². The molecule has 0 saturated carbocycles. The minimum atomic E-state index is -0.419. The summed E-state index contributed by atoms with van der Waals surface area (Å²) in [5, 5.41) is 15.6. The second-order valence-corrected chi connectivity index (χ2v) is 6.56. The van der Waals surface area contributed by atoms with Crippen molar-refractivity contribution in [1.82, 2.24) is 25.2 Å². The number of rotatable bonds is 8. The van der Waals surface area contributed by atoms with E-state index < -0.39 is 11.7 Å². The zero-order chi connectivity index (χ0) is 20.1. The number of hydrogen-bond donors (Lipinski definition) is 4. The molecule has 0 spiro atoms. The predicted molar refractivity (Wildman–Crippen MR) is 106 cm³/mol. The van der Waals surface area contributed by atoms with Gasteiger partial charge in [0.05, 0.1) is 12.3 Å². The van der Waals surface area contributed by atoms with Gasteiger partial charge in [-0.1, -0.05) is 0 Å². The molecular weight excluding hydrogens is 363 g/mol. The standard InChI is InChI=1S/C19H23FN6O2/c1-26(2)7-5-23-19(28)18-24-16(11-17(25-18)22-6-8-27)14-9-12(20)10-15-13(14)3-4-21-15/h3-4,9-11,21,27H,5-8H2,1-2H3,(H,23,28)(H,22,24,25). The van der Waals surface area contributed by atoms with Crippen LogP contribution in [0.4, 0.5) is 10.2 Å². The zero-order valence-corrected chi connectivity index (χ0v) is 15.8. The Kier molecular flexibility index (Phi) is 6.17. The molecule has 0 unspecified atom stereocenters. The van der Waals surface area contributed by atoms with E-state index in [0.29, 0.717) is 35.7 Å². The Morgan fingerprint density at radius 2 is 2.07 bits per heavy atom. The number of benzene rings is 1. The van der Waals surface area contributed by atoms with Gasteiger partial charge in [0.25, 0.3) is 5.91 Å². The Bertz CT molecular complexity index is 972. The Morgan fingerprint density at radius 1 is 1.25 bits per heavy atom. The number of halogens is 1. The van der Waals surface area contributed by atoms with E-state index >= 15 is 0 Å². The molecule has 28 heavy (non-hydrogen) atoms. The molecule has 0 bridgehead atoms. The summed E-state index contributed by atoms with van der Waals surface area (Å²) in [6.07, 6.45) is 1.72. The number of nitrogens with one attached hydrogen (secondary N) is 3. The normalized spacial score (nSPS) is 11.2. The van der Waals surface area contributed by atoms with Crippen molar-refractivity contribution in [1.29, 1.82) is 0 Å². The van der Waals surface area contributed by atoms with Crippen LogP contribution in [0.5, 0.6) is 0 Å². The number of hydrogen-bond acceptors (Lipinski definition) is 6. The number of aromatic amines is 1. The van der Waals surface area contributed by atoms with E-state index in [1.807, 2.05) is 25.1 Å². The van der Waals surface area contributed by atoms with Gasteiger partial charge in [0.2, 0.25) is 5.82 Å². The third kappa shape index (κ3) is 4.62. The van der Waals surface area contributed by atoms with E-state index in [1.54, 1.807) is 12.3 Å². The lowest BCUT2D eigenvalue weighted by Crippen LogP contribution is -2.32. The maximum Gasteiger partial charge on any atom is 0.289 e. The summed E-state index contributed by atoms with van der Waals surface area (Å²) in [6, 6.07) is 6.24. The van der Waals surface area contributed by atoms with Crippen LogP contribution in [-0.4, -0.2) is 71.2 Å². The summed E-state index contributed by atoms with van der Waals surface area (Å²) in [6.45, 7) is 1.29. The highest BCUT2D eigenvalue weighted by Crippen LogP contribution is 2.29. The molecule has 2 aromatic heterocycles. The van der Waals surface area contributed by atoms with Crippen molar-refractivity contribution in [3.63, 3.8) is 0 Å². The number of likely N-dealkylation sites (N-methyl/N-ethyl adjacent to an activating group) is 1. The molecule has 148 valence electrons. The first-order valence-corrected chi connectivity index (χ1v) is 8.91. The summed E-state index contributed by atoms with van der Waals surface area (Å²) in [4.78, 5) is 26.0. The van der Waals surface area contributed by atoms with E-state index in [4.69, 9.17) is 5.11 Å². The minimum absolute atomic E-state index is 0.0235. The molecule has 0 aliphatic heterocycles. The number of fused-ring (bicyclic) bond motifs is 1. The van der Waals surface area contributed by atoms with Gasteiger partial charge in [0.15, 0.2) is 0 Å². The number of nitrogens with zero attached hydrogens (tertiary/aromatic N) is 3. The van der Waals surface area contributed by atoms with Crippen molar-refractivity contribution in [2.45, 2.75) is 0 Å². The SMILES string of the molecule is CN(C)CCNC(=O)c1nc(NCCO)cc(-c2cc(F)cc3[nH]ccc23)n1. The van der Waals surface area contributed by atoms with Crippen LogP contribution in [-0.2, 0) is 0 Å². The molecule has 0 aliphatic carbocycles. The van der Waals surface area contributed by atoms with E-state index in [1.165, 1.54) is 12.1 Å². The van der Waals surface area contributed by atoms with Crippen LogP contribution in [0.15, 0.2) is 30.5 Å². The van der Waals surface area contributed by atoms with E-state index in [-0.39, 0.29) is 19.0 Å². The molecule has 0 fully saturated rings. The number of aliphatic hydroxyl groups excluding tert-OH is 1. The molecule has 0 aliphatic rings. The third-order valence-electron chi connectivity index (χ3n) is 4.10. The van der Waals surface area contributed by atoms with E-state index in [9.17, 15) is 9.18 Å². The first-order valence-electron chi connectivity index (χ1n) is 8.91. The lowest BCUT2D eigenvalue weighted by Gasteiger charge is -2.12. The van der Waals surface area contributed by atoms with Gasteiger partial charge in [-0.15, -0.1) is 0 Å². The molecule has 4 N–H and O–H groups in total. The molecule has 0 atom stereocenters. The molecule has 3 aromatic rings. The molecule has 1 amide bonds. The number of carbonyl (C=O) groups excluding carboxylic acids is 1. The fourth-order valence-corrected chi connectivity index (χ4v) is 2.78. The molecular formula is C19H23FN6O2. The summed E-state index contributed by atoms with van der Waals surface area (Å²) in [5.41, 5.74) is 1.60. The average molecular weight is 386 g/mol. The molecule has 2 heterocycles. The van der Waals surface area contributed by atoms with Crippen LogP contribution >= 0.6 is 0 Å². The lowest BCUT2D eigenvalue weighted by molar-refractivity contribution is 0.0941. The monoisotopic (exact) mass is 386 g/mol. The Morgan fingerprint density at radius 3 is 2.82 bits per heavy atom. The van der Waals surface area contributed by atoms with E-state index in [2.05, 4.69) is 25.6 Å². The molecule has 9 heteroatoms. The molecule has 0 radical (unpaired) electrons. The van der Waals surface area contributed by atoms with Gasteiger partial charge in [-0.25, -0.2) is 14.4 Å². The van der Waals surface area contributed by atoms with Crippen molar-refractivity contribution >= 4 is 22.6 Å². The second-order valence-electron chi connectivity index (χ2n) is 6.56. The fourth-order valence-electron chi connectivity index (χ4n) is 2.78. The van der Waals surface area contributed by atoms with Crippen LogP contribution in [0, 0.1) is 5.82 Å². The summed E-state index contributed by atoms with van der Waals surface area (Å²) < 4.78 is 14.1. The maximum atomic E-state index is 14.1. The largest absolute Gasteiger partial charge is 0.395 e. The fraction of sp³-hybridized carbons (Fsp3) is 0.316. The topological polar surface area (TPSA) is 106 Å². The highest BCUT2D eigenvalue weighted by molar-refractivity contribution is 5.96. The van der Waals surface area contributed by atoms with Gasteiger partial charge in [-0.2, -0.15) is 0 Å². The Balaban J connectivity index is 2.00. The average Bonchev–Trinajstić information content (AvgIpc) is 3.13. The van der Waals surface area contributed by atoms with Crippen molar-refractivity contribution < 1.29 is 14.3 Å². The van der Waals surface area contributed by atoms with Gasteiger partial charge >= 0.3 is 0 Å². The molecule has 8 nitrogen and oxygen atoms in total. The first-order chi connectivity index (χ1) is 13.5. The second kappa shape index (κ2) is 8.77.